The van der Waals surface area contributed by atoms with E-state index in [0.717, 1.165) is 22.2 Å². The number of carbonyl (C=O) groups is 1. The largest absolute Gasteiger partial charge is 0.334 e. The third kappa shape index (κ3) is 3.49. The fraction of sp³-hybridized carbons (Fsp3) is 0.0909. The molecule has 0 spiro atoms. The normalized spacial score (nSPS) is 10.8. The van der Waals surface area contributed by atoms with Crippen LogP contribution in [0.2, 0.25) is 0 Å². The van der Waals surface area contributed by atoms with Crippen LogP contribution in [-0.4, -0.2) is 20.8 Å². The molecule has 0 aliphatic heterocycles. The van der Waals surface area contributed by atoms with Crippen molar-refractivity contribution in [1.29, 1.82) is 0 Å². The molecule has 26 heavy (non-hydrogen) atoms. The van der Waals surface area contributed by atoms with E-state index in [1.165, 1.54) is 0 Å². The maximum absolute atomic E-state index is 13.2. The summed E-state index contributed by atoms with van der Waals surface area (Å²) in [5.74, 6) is 0.270. The number of hydrogen-bond acceptors (Lipinski definition) is 2. The lowest BCUT2D eigenvalue weighted by atomic mass is 10.1. The van der Waals surface area contributed by atoms with Gasteiger partial charge in [-0.1, -0.05) is 72.8 Å². The average molecular weight is 341 g/mol. The molecule has 1 heterocycles. The first-order valence-electron chi connectivity index (χ1n) is 8.61. The number of benzene rings is 3. The summed E-state index contributed by atoms with van der Waals surface area (Å²) in [6, 6.07) is 27.7. The van der Waals surface area contributed by atoms with Crippen molar-refractivity contribution in [2.75, 3.05) is 0 Å². The number of hydrogen-bond donors (Lipinski definition) is 1. The van der Waals surface area contributed by atoms with E-state index in [1.54, 1.807) is 0 Å². The molecular weight excluding hydrogens is 322 g/mol. The van der Waals surface area contributed by atoms with E-state index >= 15 is 0 Å². The minimum absolute atomic E-state index is 0.103. The molecular formula is C22H19N3O. The number of amides is 1. The van der Waals surface area contributed by atoms with Crippen molar-refractivity contribution >= 4 is 16.9 Å². The average Bonchev–Trinajstić information content (AvgIpc) is 3.13. The van der Waals surface area contributed by atoms with Gasteiger partial charge in [0.25, 0.3) is 5.91 Å². The van der Waals surface area contributed by atoms with Crippen LogP contribution < -0.4 is 0 Å². The van der Waals surface area contributed by atoms with Crippen LogP contribution in [0, 0.1) is 0 Å². The fourth-order valence-electron chi connectivity index (χ4n) is 3.01. The van der Waals surface area contributed by atoms with Crippen LogP contribution in [0.15, 0.2) is 84.9 Å². The van der Waals surface area contributed by atoms with Gasteiger partial charge < -0.3 is 9.88 Å². The zero-order chi connectivity index (χ0) is 17.8. The lowest BCUT2D eigenvalue weighted by Gasteiger charge is -2.22. The number of aromatic nitrogens is 2. The first kappa shape index (κ1) is 16.1. The minimum atomic E-state index is -0.103. The number of H-pyrrole nitrogens is 1. The highest BCUT2D eigenvalue weighted by Gasteiger charge is 2.20. The summed E-state index contributed by atoms with van der Waals surface area (Å²) in [5, 5.41) is 0. The van der Waals surface area contributed by atoms with Gasteiger partial charge in [-0.25, -0.2) is 4.98 Å². The number of para-hydroxylation sites is 2. The molecule has 0 atom stereocenters. The number of nitrogens with one attached hydrogen (secondary N) is 1. The molecule has 0 aliphatic carbocycles. The van der Waals surface area contributed by atoms with E-state index in [2.05, 4.69) is 9.97 Å². The Kier molecular flexibility index (Phi) is 4.48. The molecule has 4 nitrogen and oxygen atoms in total. The predicted molar refractivity (Wildman–Crippen MR) is 103 cm³/mol. The highest BCUT2D eigenvalue weighted by atomic mass is 16.2. The molecule has 0 saturated carbocycles. The fourth-order valence-corrected chi connectivity index (χ4v) is 3.01. The number of aromatic amines is 1. The molecule has 4 aromatic rings. The van der Waals surface area contributed by atoms with Crippen LogP contribution in [0.5, 0.6) is 0 Å². The molecule has 4 heteroatoms. The maximum Gasteiger partial charge on any atom is 0.290 e. The van der Waals surface area contributed by atoms with Crippen molar-refractivity contribution in [1.82, 2.24) is 14.9 Å². The summed E-state index contributed by atoms with van der Waals surface area (Å²) < 4.78 is 0. The van der Waals surface area contributed by atoms with Gasteiger partial charge in [-0.3, -0.25) is 4.79 Å². The Morgan fingerprint density at radius 1 is 0.769 bits per heavy atom. The van der Waals surface area contributed by atoms with Gasteiger partial charge in [0.05, 0.1) is 11.0 Å². The molecule has 0 fully saturated rings. The first-order chi connectivity index (χ1) is 12.8. The molecule has 0 saturated heterocycles. The summed E-state index contributed by atoms with van der Waals surface area (Å²) >= 11 is 0. The third-order valence-electron chi connectivity index (χ3n) is 4.31. The molecule has 1 N–H and O–H groups in total. The predicted octanol–water partition coefficient (Wildman–Crippen LogP) is 4.41. The molecule has 1 aromatic heterocycles. The molecule has 3 aromatic carbocycles. The van der Waals surface area contributed by atoms with E-state index < -0.39 is 0 Å². The Bertz CT molecular complexity index is 935. The quantitative estimate of drug-likeness (QED) is 0.585. The SMILES string of the molecule is O=C(c1nc2ccccc2[nH]1)N(Cc1ccccc1)Cc1ccccc1. The second-order valence-corrected chi connectivity index (χ2v) is 6.23. The van der Waals surface area contributed by atoms with Crippen molar-refractivity contribution in [3.63, 3.8) is 0 Å². The standard InChI is InChI=1S/C22H19N3O/c26-22(21-23-19-13-7-8-14-20(19)24-21)25(15-17-9-3-1-4-10-17)16-18-11-5-2-6-12-18/h1-14H,15-16H2,(H,23,24). The van der Waals surface area contributed by atoms with Gasteiger partial charge in [0.2, 0.25) is 0 Å². The number of rotatable bonds is 5. The topological polar surface area (TPSA) is 49.0 Å². The number of imidazole rings is 1. The Morgan fingerprint density at radius 3 is 1.88 bits per heavy atom. The second kappa shape index (κ2) is 7.23. The van der Waals surface area contributed by atoms with Crippen LogP contribution in [0.3, 0.4) is 0 Å². The minimum Gasteiger partial charge on any atom is -0.334 e. The number of fused-ring (bicyclic) bond motifs is 1. The van der Waals surface area contributed by atoms with Gasteiger partial charge in [0, 0.05) is 13.1 Å². The van der Waals surface area contributed by atoms with Gasteiger partial charge in [-0.05, 0) is 23.3 Å². The zero-order valence-corrected chi connectivity index (χ0v) is 14.3. The van der Waals surface area contributed by atoms with E-state index in [9.17, 15) is 4.79 Å². The Morgan fingerprint density at radius 2 is 1.31 bits per heavy atom. The van der Waals surface area contributed by atoms with E-state index in [1.807, 2.05) is 89.8 Å². The third-order valence-corrected chi connectivity index (χ3v) is 4.31. The number of nitrogens with zero attached hydrogens (tertiary/aromatic N) is 2. The summed E-state index contributed by atoms with van der Waals surface area (Å²) in [4.78, 5) is 22.6. The van der Waals surface area contributed by atoms with Crippen LogP contribution in [0.25, 0.3) is 11.0 Å². The van der Waals surface area contributed by atoms with Crippen molar-refractivity contribution in [3.05, 3.63) is 102 Å². The van der Waals surface area contributed by atoms with Gasteiger partial charge >= 0.3 is 0 Å². The van der Waals surface area contributed by atoms with Crippen molar-refractivity contribution in [2.45, 2.75) is 13.1 Å². The zero-order valence-electron chi connectivity index (χ0n) is 14.3. The molecule has 128 valence electrons. The van der Waals surface area contributed by atoms with Crippen molar-refractivity contribution in [3.8, 4) is 0 Å². The van der Waals surface area contributed by atoms with Crippen LogP contribution in [0.4, 0.5) is 0 Å². The molecule has 1 amide bonds. The van der Waals surface area contributed by atoms with Crippen molar-refractivity contribution < 1.29 is 4.79 Å². The highest BCUT2D eigenvalue weighted by Crippen LogP contribution is 2.16. The second-order valence-electron chi connectivity index (χ2n) is 6.23. The van der Waals surface area contributed by atoms with Gasteiger partial charge in [0.15, 0.2) is 5.82 Å². The monoisotopic (exact) mass is 341 g/mol. The van der Waals surface area contributed by atoms with Crippen LogP contribution in [0.1, 0.15) is 21.7 Å². The first-order valence-corrected chi connectivity index (χ1v) is 8.61. The van der Waals surface area contributed by atoms with Crippen molar-refractivity contribution in [2.24, 2.45) is 0 Å². The maximum atomic E-state index is 13.2. The molecule has 0 radical (unpaired) electrons. The summed E-state index contributed by atoms with van der Waals surface area (Å²) in [6.07, 6.45) is 0. The lowest BCUT2D eigenvalue weighted by molar-refractivity contribution is 0.0719. The van der Waals surface area contributed by atoms with Gasteiger partial charge in [-0.15, -0.1) is 0 Å². The van der Waals surface area contributed by atoms with Gasteiger partial charge in [-0.2, -0.15) is 0 Å². The van der Waals surface area contributed by atoms with Crippen LogP contribution >= 0.6 is 0 Å². The van der Waals surface area contributed by atoms with E-state index in [-0.39, 0.29) is 5.91 Å². The summed E-state index contributed by atoms with van der Waals surface area (Å²) in [7, 11) is 0. The van der Waals surface area contributed by atoms with E-state index in [4.69, 9.17) is 0 Å². The molecule has 0 aliphatic rings. The van der Waals surface area contributed by atoms with E-state index in [0.29, 0.717) is 18.9 Å². The van der Waals surface area contributed by atoms with Gasteiger partial charge in [0.1, 0.15) is 0 Å². The van der Waals surface area contributed by atoms with Crippen LogP contribution in [-0.2, 0) is 13.1 Å². The number of carbonyl (C=O) groups excluding carboxylic acids is 1. The summed E-state index contributed by atoms with van der Waals surface area (Å²) in [6.45, 7) is 1.07. The Balaban J connectivity index is 1.65. The smallest absolute Gasteiger partial charge is 0.290 e. The Labute approximate surface area is 152 Å². The summed E-state index contributed by atoms with van der Waals surface area (Å²) in [5.41, 5.74) is 3.85. The highest BCUT2D eigenvalue weighted by molar-refractivity contribution is 5.94. The molecule has 0 bridgehead atoms. The molecule has 0 unspecified atom stereocenters. The Hall–Kier alpha value is -3.40. The molecule has 4 rings (SSSR count). The lowest BCUT2D eigenvalue weighted by Crippen LogP contribution is -2.31.